The van der Waals surface area contributed by atoms with E-state index in [0.717, 1.165) is 24.5 Å². The molecule has 0 fully saturated rings. The zero-order chi connectivity index (χ0) is 8.81. The van der Waals surface area contributed by atoms with Crippen LogP contribution in [0.25, 0.3) is 0 Å². The maximum Gasteiger partial charge on any atom is 0.234 e. The Morgan fingerprint density at radius 1 is 1.50 bits per heavy atom. The van der Waals surface area contributed by atoms with Gasteiger partial charge >= 0.3 is 0 Å². The summed E-state index contributed by atoms with van der Waals surface area (Å²) < 4.78 is 9.15. The molecule has 12 heavy (non-hydrogen) atoms. The summed E-state index contributed by atoms with van der Waals surface area (Å²) in [7, 11) is 0. The molecule has 0 saturated carbocycles. The molecular weight excluding hydrogens is 196 g/mol. The second-order valence-electron chi connectivity index (χ2n) is 2.32. The van der Waals surface area contributed by atoms with E-state index in [-0.39, 0.29) is 0 Å². The van der Waals surface area contributed by atoms with Gasteiger partial charge in [0, 0.05) is 13.0 Å². The Labute approximate surface area is 80.9 Å². The summed E-state index contributed by atoms with van der Waals surface area (Å²) in [5.74, 6) is 0. The standard InChI is InChI=1S/C7H11ClN2OS/c1-2-4-11-5-3-6-9-7(8)10-12-6/h2-5H2,1H3. The first-order valence-corrected chi connectivity index (χ1v) is 5.04. The lowest BCUT2D eigenvalue weighted by Gasteiger charge is -1.97. The summed E-state index contributed by atoms with van der Waals surface area (Å²) in [6.45, 7) is 3.60. The minimum Gasteiger partial charge on any atom is -0.381 e. The second kappa shape index (κ2) is 5.45. The van der Waals surface area contributed by atoms with E-state index in [9.17, 15) is 0 Å². The molecule has 1 aromatic rings. The molecule has 0 aromatic carbocycles. The van der Waals surface area contributed by atoms with Crippen molar-refractivity contribution in [3.63, 3.8) is 0 Å². The van der Waals surface area contributed by atoms with Crippen LogP contribution in [-0.4, -0.2) is 22.6 Å². The van der Waals surface area contributed by atoms with Crippen molar-refractivity contribution in [3.8, 4) is 0 Å². The minimum atomic E-state index is 0.338. The van der Waals surface area contributed by atoms with Gasteiger partial charge in [-0.2, -0.15) is 4.37 Å². The Hall–Kier alpha value is -0.190. The molecule has 0 aliphatic heterocycles. The number of hydrogen-bond donors (Lipinski definition) is 0. The Bertz CT molecular complexity index is 229. The second-order valence-corrected chi connectivity index (χ2v) is 3.49. The SMILES string of the molecule is CCCOCCc1nc(Cl)ns1. The van der Waals surface area contributed by atoms with E-state index in [2.05, 4.69) is 16.3 Å². The molecule has 5 heteroatoms. The van der Waals surface area contributed by atoms with Crippen molar-refractivity contribution in [1.29, 1.82) is 0 Å². The van der Waals surface area contributed by atoms with Gasteiger partial charge in [-0.25, -0.2) is 4.98 Å². The molecule has 0 unspecified atom stereocenters. The maximum absolute atomic E-state index is 5.55. The molecule has 0 spiro atoms. The molecule has 0 bridgehead atoms. The molecule has 1 rings (SSSR count). The molecule has 3 nitrogen and oxygen atoms in total. The van der Waals surface area contributed by atoms with Crippen LogP contribution >= 0.6 is 23.1 Å². The highest BCUT2D eigenvalue weighted by atomic mass is 35.5. The van der Waals surface area contributed by atoms with Crippen molar-refractivity contribution in [2.45, 2.75) is 19.8 Å². The molecule has 1 aromatic heterocycles. The fourth-order valence-corrected chi connectivity index (χ4v) is 1.52. The lowest BCUT2D eigenvalue weighted by atomic mass is 10.5. The number of rotatable bonds is 5. The number of nitrogens with zero attached hydrogens (tertiary/aromatic N) is 2. The monoisotopic (exact) mass is 206 g/mol. The van der Waals surface area contributed by atoms with Crippen LogP contribution < -0.4 is 0 Å². The number of ether oxygens (including phenoxy) is 1. The summed E-state index contributed by atoms with van der Waals surface area (Å²) in [5.41, 5.74) is 0. The molecule has 0 amide bonds. The van der Waals surface area contributed by atoms with Crippen LogP contribution in [-0.2, 0) is 11.2 Å². The van der Waals surface area contributed by atoms with Crippen LogP contribution in [0.3, 0.4) is 0 Å². The van der Waals surface area contributed by atoms with Gasteiger partial charge in [0.15, 0.2) is 0 Å². The number of halogens is 1. The lowest BCUT2D eigenvalue weighted by Crippen LogP contribution is -1.98. The van der Waals surface area contributed by atoms with Gasteiger partial charge in [0.2, 0.25) is 5.28 Å². The molecule has 0 radical (unpaired) electrons. The van der Waals surface area contributed by atoms with E-state index in [1.54, 1.807) is 0 Å². The smallest absolute Gasteiger partial charge is 0.234 e. The zero-order valence-electron chi connectivity index (χ0n) is 6.92. The summed E-state index contributed by atoms with van der Waals surface area (Å²) in [6, 6.07) is 0. The van der Waals surface area contributed by atoms with E-state index in [1.807, 2.05) is 0 Å². The average Bonchev–Trinajstić information content (AvgIpc) is 2.45. The summed E-state index contributed by atoms with van der Waals surface area (Å²) in [6.07, 6.45) is 1.86. The predicted molar refractivity (Wildman–Crippen MR) is 49.7 cm³/mol. The predicted octanol–water partition coefficient (Wildman–Crippen LogP) is 2.16. The molecule has 68 valence electrons. The van der Waals surface area contributed by atoms with Gasteiger partial charge in [-0.15, -0.1) is 0 Å². The van der Waals surface area contributed by atoms with Crippen molar-refractivity contribution in [1.82, 2.24) is 9.36 Å². The van der Waals surface area contributed by atoms with Gasteiger partial charge in [-0.1, -0.05) is 6.92 Å². The minimum absolute atomic E-state index is 0.338. The average molecular weight is 207 g/mol. The third kappa shape index (κ3) is 3.47. The molecule has 0 N–H and O–H groups in total. The van der Waals surface area contributed by atoms with Gasteiger partial charge in [-0.05, 0) is 29.6 Å². The Morgan fingerprint density at radius 3 is 2.92 bits per heavy atom. The lowest BCUT2D eigenvalue weighted by molar-refractivity contribution is 0.138. The first-order valence-electron chi connectivity index (χ1n) is 3.88. The van der Waals surface area contributed by atoms with Gasteiger partial charge in [-0.3, -0.25) is 0 Å². The Kier molecular flexibility index (Phi) is 4.50. The van der Waals surface area contributed by atoms with E-state index >= 15 is 0 Å². The van der Waals surface area contributed by atoms with Crippen molar-refractivity contribution in [3.05, 3.63) is 10.3 Å². The van der Waals surface area contributed by atoms with Gasteiger partial charge in [0.1, 0.15) is 5.01 Å². The maximum atomic E-state index is 5.55. The first kappa shape index (κ1) is 9.89. The highest BCUT2D eigenvalue weighted by molar-refractivity contribution is 7.05. The van der Waals surface area contributed by atoms with E-state index in [1.165, 1.54) is 11.5 Å². The number of hydrogen-bond acceptors (Lipinski definition) is 4. The van der Waals surface area contributed by atoms with Crippen LogP contribution in [0, 0.1) is 0 Å². The van der Waals surface area contributed by atoms with Gasteiger partial charge < -0.3 is 4.74 Å². The van der Waals surface area contributed by atoms with Crippen molar-refractivity contribution in [2.24, 2.45) is 0 Å². The van der Waals surface area contributed by atoms with Crippen LogP contribution in [0.4, 0.5) is 0 Å². The highest BCUT2D eigenvalue weighted by Gasteiger charge is 2.00. The first-order chi connectivity index (χ1) is 5.83. The zero-order valence-corrected chi connectivity index (χ0v) is 8.49. The third-order valence-electron chi connectivity index (χ3n) is 1.25. The van der Waals surface area contributed by atoms with Crippen molar-refractivity contribution < 1.29 is 4.74 Å². The number of aromatic nitrogens is 2. The van der Waals surface area contributed by atoms with E-state index in [4.69, 9.17) is 16.3 Å². The molecule has 0 atom stereocenters. The van der Waals surface area contributed by atoms with E-state index < -0.39 is 0 Å². The Morgan fingerprint density at radius 2 is 2.33 bits per heavy atom. The molecule has 0 aliphatic carbocycles. The van der Waals surface area contributed by atoms with Crippen LogP contribution in [0.5, 0.6) is 0 Å². The van der Waals surface area contributed by atoms with Crippen LogP contribution in [0.2, 0.25) is 5.28 Å². The molecular formula is C7H11ClN2OS. The van der Waals surface area contributed by atoms with Gasteiger partial charge in [0.05, 0.1) is 6.61 Å². The van der Waals surface area contributed by atoms with E-state index in [0.29, 0.717) is 11.9 Å². The van der Waals surface area contributed by atoms with Crippen molar-refractivity contribution >= 4 is 23.1 Å². The molecule has 1 heterocycles. The quantitative estimate of drug-likeness (QED) is 0.693. The summed E-state index contributed by atoms with van der Waals surface area (Å²) in [4.78, 5) is 4.00. The third-order valence-corrected chi connectivity index (χ3v) is 2.29. The van der Waals surface area contributed by atoms with Crippen molar-refractivity contribution in [2.75, 3.05) is 13.2 Å². The highest BCUT2D eigenvalue weighted by Crippen LogP contribution is 2.09. The van der Waals surface area contributed by atoms with Crippen LogP contribution in [0.1, 0.15) is 18.4 Å². The molecule has 0 aliphatic rings. The summed E-state index contributed by atoms with van der Waals surface area (Å²) >= 11 is 6.88. The Balaban J connectivity index is 2.15. The summed E-state index contributed by atoms with van der Waals surface area (Å²) in [5, 5.41) is 1.28. The van der Waals surface area contributed by atoms with Crippen LogP contribution in [0.15, 0.2) is 0 Å². The van der Waals surface area contributed by atoms with Gasteiger partial charge in [0.25, 0.3) is 0 Å². The fraction of sp³-hybridized carbons (Fsp3) is 0.714. The fourth-order valence-electron chi connectivity index (χ4n) is 0.742. The largest absolute Gasteiger partial charge is 0.381 e. The normalized spacial score (nSPS) is 10.5. The molecule has 0 saturated heterocycles. The topological polar surface area (TPSA) is 35.0 Å².